The second-order valence-electron chi connectivity index (χ2n) is 7.74. The topological polar surface area (TPSA) is 28.5 Å². The van der Waals surface area contributed by atoms with E-state index in [-0.39, 0.29) is 5.91 Å². The number of allylic oxidation sites excluding steroid dienone is 2. The predicted octanol–water partition coefficient (Wildman–Crippen LogP) is 4.60. The van der Waals surface area contributed by atoms with E-state index >= 15 is 0 Å². The summed E-state index contributed by atoms with van der Waals surface area (Å²) >= 11 is 0. The van der Waals surface area contributed by atoms with Crippen molar-refractivity contribution in [1.82, 2.24) is 14.4 Å². The van der Waals surface area contributed by atoms with Gasteiger partial charge in [-0.1, -0.05) is 31.1 Å². The van der Waals surface area contributed by atoms with Gasteiger partial charge in [-0.3, -0.25) is 9.36 Å². The van der Waals surface area contributed by atoms with Crippen LogP contribution in [-0.4, -0.2) is 47.5 Å². The predicted molar refractivity (Wildman–Crippen MR) is 113 cm³/mol. The minimum atomic E-state index is 0.0887. The summed E-state index contributed by atoms with van der Waals surface area (Å²) < 4.78 is 1.85. The minimum Gasteiger partial charge on any atom is -0.354 e. The molecule has 27 heavy (non-hydrogen) atoms. The molecule has 1 aliphatic rings. The van der Waals surface area contributed by atoms with E-state index in [0.717, 1.165) is 43.4 Å². The van der Waals surface area contributed by atoms with Crippen molar-refractivity contribution >= 4 is 16.8 Å². The lowest BCUT2D eigenvalue weighted by atomic mass is 10.1. The van der Waals surface area contributed by atoms with Crippen molar-refractivity contribution in [3.05, 3.63) is 59.6 Å². The molecule has 4 heteroatoms. The van der Waals surface area contributed by atoms with Gasteiger partial charge in [0, 0.05) is 36.4 Å². The lowest BCUT2D eigenvalue weighted by Gasteiger charge is -2.21. The Kier molecular flexibility index (Phi) is 6.17. The van der Waals surface area contributed by atoms with E-state index in [2.05, 4.69) is 68.2 Å². The van der Waals surface area contributed by atoms with Gasteiger partial charge >= 0.3 is 0 Å². The van der Waals surface area contributed by atoms with E-state index in [4.69, 9.17) is 0 Å². The number of fused-ring (bicyclic) bond motifs is 1. The van der Waals surface area contributed by atoms with Crippen LogP contribution in [0.3, 0.4) is 0 Å². The van der Waals surface area contributed by atoms with Crippen molar-refractivity contribution < 1.29 is 4.79 Å². The first-order valence-electron chi connectivity index (χ1n) is 9.92. The maximum absolute atomic E-state index is 13.3. The van der Waals surface area contributed by atoms with Gasteiger partial charge in [-0.15, -0.1) is 0 Å². The number of hydrogen-bond acceptors (Lipinski definition) is 3. The molecule has 0 spiro atoms. The average Bonchev–Trinajstić information content (AvgIpc) is 3.02. The maximum Gasteiger partial charge on any atom is 0.260 e. The van der Waals surface area contributed by atoms with E-state index in [1.54, 1.807) is 0 Å². The summed E-state index contributed by atoms with van der Waals surface area (Å²) in [6, 6.07) is 6.37. The van der Waals surface area contributed by atoms with Gasteiger partial charge in [0.25, 0.3) is 5.91 Å². The summed E-state index contributed by atoms with van der Waals surface area (Å²) in [5, 5.41) is 1.19. The molecule has 0 fully saturated rings. The van der Waals surface area contributed by atoms with Crippen molar-refractivity contribution in [3.63, 3.8) is 0 Å². The van der Waals surface area contributed by atoms with Crippen molar-refractivity contribution in [3.8, 4) is 0 Å². The fourth-order valence-electron chi connectivity index (χ4n) is 3.51. The Morgan fingerprint density at radius 1 is 1.26 bits per heavy atom. The zero-order valence-electron chi connectivity index (χ0n) is 17.0. The lowest BCUT2D eigenvalue weighted by Crippen LogP contribution is -2.20. The van der Waals surface area contributed by atoms with E-state index in [9.17, 15) is 4.79 Å². The molecule has 0 radical (unpaired) electrons. The number of carbonyl (C=O) groups excluding carboxylic acids is 1. The number of benzene rings is 1. The van der Waals surface area contributed by atoms with Crippen LogP contribution in [0.4, 0.5) is 0 Å². The lowest BCUT2D eigenvalue weighted by molar-refractivity contribution is 0.0955. The number of likely N-dealkylation sites (N-methyl/N-ethyl adjacent to an activating group) is 1. The monoisotopic (exact) mass is 365 g/mol. The summed E-state index contributed by atoms with van der Waals surface area (Å²) in [6.07, 6.45) is 12.2. The summed E-state index contributed by atoms with van der Waals surface area (Å²) in [5.74, 6) is 0.0887. The van der Waals surface area contributed by atoms with Crippen LogP contribution < -0.4 is 0 Å². The number of aryl methyl sites for hydroxylation is 1. The largest absolute Gasteiger partial charge is 0.354 e. The molecule has 144 valence electrons. The smallest absolute Gasteiger partial charge is 0.260 e. The normalized spacial score (nSPS) is 14.3. The Morgan fingerprint density at radius 3 is 2.81 bits per heavy atom. The number of aromatic nitrogens is 1. The van der Waals surface area contributed by atoms with E-state index < -0.39 is 0 Å². The molecule has 1 aromatic heterocycles. The SMILES string of the molecule is CCCCN1C=CCC(C(=O)n2cc(CCN(C)C)c3cc(C)ccc32)=C1. The summed E-state index contributed by atoms with van der Waals surface area (Å²) in [6.45, 7) is 6.22. The van der Waals surface area contributed by atoms with Crippen LogP contribution in [0.1, 0.15) is 42.1 Å². The highest BCUT2D eigenvalue weighted by Crippen LogP contribution is 2.26. The number of nitrogens with zero attached hydrogens (tertiary/aromatic N) is 3. The quantitative estimate of drug-likeness (QED) is 0.718. The van der Waals surface area contributed by atoms with E-state index in [1.165, 1.54) is 16.5 Å². The molecule has 3 rings (SSSR count). The van der Waals surface area contributed by atoms with Gasteiger partial charge < -0.3 is 9.80 Å². The molecule has 0 unspecified atom stereocenters. The highest BCUT2D eigenvalue weighted by molar-refractivity contribution is 6.03. The Balaban J connectivity index is 1.93. The van der Waals surface area contributed by atoms with Gasteiger partial charge in [0.05, 0.1) is 5.52 Å². The van der Waals surface area contributed by atoms with Gasteiger partial charge in [-0.05, 0) is 64.2 Å². The molecular formula is C23H31N3O. The number of hydrogen-bond donors (Lipinski definition) is 0. The van der Waals surface area contributed by atoms with Crippen molar-refractivity contribution in [2.45, 2.75) is 39.5 Å². The van der Waals surface area contributed by atoms with Gasteiger partial charge in [0.15, 0.2) is 0 Å². The van der Waals surface area contributed by atoms with Crippen LogP contribution in [0.25, 0.3) is 10.9 Å². The molecular weight excluding hydrogens is 334 g/mol. The summed E-state index contributed by atoms with van der Waals surface area (Å²) in [4.78, 5) is 17.6. The van der Waals surface area contributed by atoms with Gasteiger partial charge in [-0.2, -0.15) is 0 Å². The third-order valence-corrected chi connectivity index (χ3v) is 5.09. The molecule has 2 heterocycles. The van der Waals surface area contributed by atoms with Crippen LogP contribution in [0.2, 0.25) is 0 Å². The Hall–Kier alpha value is -2.33. The van der Waals surface area contributed by atoms with Crippen LogP contribution in [0, 0.1) is 6.92 Å². The average molecular weight is 366 g/mol. The molecule has 1 aliphatic heterocycles. The first kappa shape index (κ1) is 19.4. The Labute approximate surface area is 162 Å². The zero-order chi connectivity index (χ0) is 19.4. The van der Waals surface area contributed by atoms with Crippen LogP contribution >= 0.6 is 0 Å². The maximum atomic E-state index is 13.3. The van der Waals surface area contributed by atoms with Gasteiger partial charge in [0.1, 0.15) is 0 Å². The molecule has 2 aromatic rings. The van der Waals surface area contributed by atoms with Crippen LogP contribution in [0.15, 0.2) is 48.4 Å². The molecule has 0 N–H and O–H groups in total. The fourth-order valence-corrected chi connectivity index (χ4v) is 3.51. The van der Waals surface area contributed by atoms with E-state index in [1.807, 2.05) is 17.0 Å². The summed E-state index contributed by atoms with van der Waals surface area (Å²) in [5.41, 5.74) is 4.33. The second-order valence-corrected chi connectivity index (χ2v) is 7.74. The summed E-state index contributed by atoms with van der Waals surface area (Å²) in [7, 11) is 4.17. The Morgan fingerprint density at radius 2 is 2.07 bits per heavy atom. The van der Waals surface area contributed by atoms with Crippen LogP contribution in [0.5, 0.6) is 0 Å². The Bertz CT molecular complexity index is 873. The second kappa shape index (κ2) is 8.57. The van der Waals surface area contributed by atoms with Crippen molar-refractivity contribution in [2.24, 2.45) is 0 Å². The third kappa shape index (κ3) is 4.51. The van der Waals surface area contributed by atoms with Crippen molar-refractivity contribution in [1.29, 1.82) is 0 Å². The number of carbonyl (C=O) groups is 1. The standard InChI is InChI=1S/C23H31N3O/c1-5-6-12-25-13-7-8-20(16-25)23(27)26-17-19(11-14-24(3)4)21-15-18(2)9-10-22(21)26/h7,9-10,13,15-17H,5-6,8,11-12,14H2,1-4H3. The number of unbranched alkanes of at least 4 members (excludes halogenated alkanes) is 1. The first-order valence-corrected chi connectivity index (χ1v) is 9.92. The molecule has 0 aliphatic carbocycles. The first-order chi connectivity index (χ1) is 13.0. The highest BCUT2D eigenvalue weighted by Gasteiger charge is 2.19. The zero-order valence-corrected chi connectivity index (χ0v) is 17.0. The van der Waals surface area contributed by atoms with Gasteiger partial charge in [0.2, 0.25) is 0 Å². The van der Waals surface area contributed by atoms with Crippen molar-refractivity contribution in [2.75, 3.05) is 27.2 Å². The molecule has 0 atom stereocenters. The van der Waals surface area contributed by atoms with Gasteiger partial charge in [-0.25, -0.2) is 0 Å². The van der Waals surface area contributed by atoms with Crippen LogP contribution in [-0.2, 0) is 6.42 Å². The third-order valence-electron chi connectivity index (χ3n) is 5.09. The fraction of sp³-hybridized carbons (Fsp3) is 0.435. The minimum absolute atomic E-state index is 0.0887. The molecule has 0 bridgehead atoms. The molecule has 0 amide bonds. The molecule has 0 saturated carbocycles. The number of rotatable bonds is 7. The molecule has 0 saturated heterocycles. The van der Waals surface area contributed by atoms with E-state index in [0.29, 0.717) is 6.42 Å². The molecule has 4 nitrogen and oxygen atoms in total. The highest BCUT2D eigenvalue weighted by atomic mass is 16.2. The molecule has 1 aromatic carbocycles.